The summed E-state index contributed by atoms with van der Waals surface area (Å²) in [6, 6.07) is 22.7. The Kier molecular flexibility index (Phi) is 6.31. The number of esters is 1. The highest BCUT2D eigenvalue weighted by Crippen LogP contribution is 2.26. The molecule has 182 valence electrons. The van der Waals surface area contributed by atoms with Crippen LogP contribution in [-0.2, 0) is 29.1 Å². The molecule has 2 heterocycles. The van der Waals surface area contributed by atoms with Crippen molar-refractivity contribution in [3.05, 3.63) is 112 Å². The Balaban J connectivity index is 1.47. The molecule has 9 nitrogen and oxygen atoms in total. The third-order valence-corrected chi connectivity index (χ3v) is 6.19. The number of hydrogen-bond donors (Lipinski definition) is 0. The standard InChI is InChI=1S/C28H20N4O5/c29-14-15-31-24(30-22-13-7-6-12-21(22)25(31)33)17-37-28(36)23(16-18-8-2-1-3-9-18)32-26(34)19-10-4-5-11-20(19)27(32)35/h1-13,23H,15-17H2/t23-/m0/s1. The van der Waals surface area contributed by atoms with Gasteiger partial charge in [-0.05, 0) is 29.8 Å². The van der Waals surface area contributed by atoms with Crippen LogP contribution in [0.3, 0.4) is 0 Å². The highest BCUT2D eigenvalue weighted by atomic mass is 16.5. The predicted octanol–water partition coefficient (Wildman–Crippen LogP) is 2.87. The van der Waals surface area contributed by atoms with Gasteiger partial charge in [-0.3, -0.25) is 23.9 Å². The molecule has 0 unspecified atom stereocenters. The maximum Gasteiger partial charge on any atom is 0.330 e. The van der Waals surface area contributed by atoms with E-state index in [4.69, 9.17) is 4.74 Å². The van der Waals surface area contributed by atoms with Gasteiger partial charge in [0.1, 0.15) is 19.2 Å². The van der Waals surface area contributed by atoms with Gasteiger partial charge in [-0.2, -0.15) is 5.26 Å². The molecule has 0 radical (unpaired) electrons. The smallest absolute Gasteiger partial charge is 0.330 e. The van der Waals surface area contributed by atoms with Gasteiger partial charge in [-0.1, -0.05) is 54.6 Å². The first kappa shape index (κ1) is 23.6. The second-order valence-corrected chi connectivity index (χ2v) is 8.43. The Morgan fingerprint density at radius 3 is 2.19 bits per heavy atom. The number of carbonyl (C=O) groups is 3. The lowest BCUT2D eigenvalue weighted by molar-refractivity contribution is -0.150. The first-order chi connectivity index (χ1) is 18.0. The first-order valence-corrected chi connectivity index (χ1v) is 11.5. The Labute approximate surface area is 211 Å². The fraction of sp³-hybridized carbons (Fsp3) is 0.143. The van der Waals surface area contributed by atoms with Crippen LogP contribution >= 0.6 is 0 Å². The molecule has 2 amide bonds. The molecule has 37 heavy (non-hydrogen) atoms. The van der Waals surface area contributed by atoms with Gasteiger partial charge in [-0.15, -0.1) is 0 Å². The normalized spacial score (nSPS) is 13.3. The minimum absolute atomic E-state index is 0.0429. The topological polar surface area (TPSA) is 122 Å². The molecule has 0 spiro atoms. The van der Waals surface area contributed by atoms with Gasteiger partial charge in [0.2, 0.25) is 0 Å². The van der Waals surface area contributed by atoms with Crippen molar-refractivity contribution in [1.29, 1.82) is 5.26 Å². The summed E-state index contributed by atoms with van der Waals surface area (Å²) in [5, 5.41) is 9.57. The highest BCUT2D eigenvalue weighted by Gasteiger charge is 2.43. The van der Waals surface area contributed by atoms with E-state index in [1.807, 2.05) is 12.1 Å². The summed E-state index contributed by atoms with van der Waals surface area (Å²) >= 11 is 0. The van der Waals surface area contributed by atoms with E-state index in [0.717, 1.165) is 15.0 Å². The van der Waals surface area contributed by atoms with Gasteiger partial charge in [-0.25, -0.2) is 9.78 Å². The number of ether oxygens (including phenoxy) is 1. The molecule has 0 saturated carbocycles. The van der Waals surface area contributed by atoms with Crippen molar-refractivity contribution in [2.45, 2.75) is 25.6 Å². The number of carbonyl (C=O) groups excluding carboxylic acids is 3. The molecule has 1 aliphatic rings. The van der Waals surface area contributed by atoms with Crippen LogP contribution in [0, 0.1) is 11.3 Å². The monoisotopic (exact) mass is 492 g/mol. The summed E-state index contributed by atoms with van der Waals surface area (Å²) in [5.74, 6) is -1.91. The van der Waals surface area contributed by atoms with Gasteiger partial charge in [0.15, 0.2) is 5.82 Å². The largest absolute Gasteiger partial charge is 0.456 e. The number of fused-ring (bicyclic) bond motifs is 2. The molecule has 5 rings (SSSR count). The lowest BCUT2D eigenvalue weighted by Crippen LogP contribution is -2.47. The highest BCUT2D eigenvalue weighted by molar-refractivity contribution is 6.22. The predicted molar refractivity (Wildman–Crippen MR) is 132 cm³/mol. The molecule has 0 fully saturated rings. The van der Waals surface area contributed by atoms with Crippen molar-refractivity contribution in [2.24, 2.45) is 0 Å². The Bertz CT molecular complexity index is 1600. The van der Waals surface area contributed by atoms with Crippen molar-refractivity contribution < 1.29 is 19.1 Å². The molecule has 0 bridgehead atoms. The summed E-state index contributed by atoms with van der Waals surface area (Å²) in [7, 11) is 0. The number of aromatic nitrogens is 2. The molecular weight excluding hydrogens is 472 g/mol. The van der Waals surface area contributed by atoms with Gasteiger partial charge >= 0.3 is 5.97 Å². The zero-order valence-electron chi connectivity index (χ0n) is 19.5. The fourth-order valence-corrected chi connectivity index (χ4v) is 4.40. The minimum Gasteiger partial charge on any atom is -0.456 e. The lowest BCUT2D eigenvalue weighted by atomic mass is 10.0. The molecule has 4 aromatic rings. The van der Waals surface area contributed by atoms with Crippen LogP contribution in [-0.4, -0.2) is 38.3 Å². The van der Waals surface area contributed by atoms with Crippen LogP contribution in [0.4, 0.5) is 0 Å². The number of imide groups is 1. The Morgan fingerprint density at radius 2 is 1.51 bits per heavy atom. The average molecular weight is 492 g/mol. The number of rotatable bonds is 7. The van der Waals surface area contributed by atoms with E-state index in [1.165, 1.54) is 0 Å². The van der Waals surface area contributed by atoms with Crippen molar-refractivity contribution in [3.8, 4) is 6.07 Å². The molecule has 9 heteroatoms. The molecule has 3 aromatic carbocycles. The zero-order valence-corrected chi connectivity index (χ0v) is 19.5. The van der Waals surface area contributed by atoms with Crippen molar-refractivity contribution in [2.75, 3.05) is 0 Å². The quantitative estimate of drug-likeness (QED) is 0.287. The van der Waals surface area contributed by atoms with Crippen LogP contribution in [0.5, 0.6) is 0 Å². The third kappa shape index (κ3) is 4.36. The number of nitriles is 1. The summed E-state index contributed by atoms with van der Waals surface area (Å²) in [6.07, 6.45) is 0.0429. The van der Waals surface area contributed by atoms with Crippen molar-refractivity contribution in [3.63, 3.8) is 0 Å². The van der Waals surface area contributed by atoms with Crippen LogP contribution in [0.25, 0.3) is 10.9 Å². The first-order valence-electron chi connectivity index (χ1n) is 11.5. The van der Waals surface area contributed by atoms with E-state index in [1.54, 1.807) is 72.8 Å². The van der Waals surface area contributed by atoms with E-state index in [9.17, 15) is 24.4 Å². The van der Waals surface area contributed by atoms with E-state index in [0.29, 0.717) is 10.9 Å². The summed E-state index contributed by atoms with van der Waals surface area (Å²) in [6.45, 7) is -0.704. The number of benzene rings is 3. The summed E-state index contributed by atoms with van der Waals surface area (Å²) < 4.78 is 6.69. The second kappa shape index (κ2) is 9.87. The second-order valence-electron chi connectivity index (χ2n) is 8.43. The van der Waals surface area contributed by atoms with E-state index < -0.39 is 36.0 Å². The van der Waals surface area contributed by atoms with Gasteiger partial charge in [0.05, 0.1) is 28.1 Å². The number of para-hydroxylation sites is 1. The van der Waals surface area contributed by atoms with Crippen LogP contribution in [0.2, 0.25) is 0 Å². The number of hydrogen-bond acceptors (Lipinski definition) is 7. The fourth-order valence-electron chi connectivity index (χ4n) is 4.40. The molecule has 0 saturated heterocycles. The van der Waals surface area contributed by atoms with Gasteiger partial charge in [0, 0.05) is 6.42 Å². The van der Waals surface area contributed by atoms with E-state index >= 15 is 0 Å². The van der Waals surface area contributed by atoms with Crippen LogP contribution < -0.4 is 5.56 Å². The summed E-state index contributed by atoms with van der Waals surface area (Å²) in [4.78, 5) is 58.0. The maximum atomic E-state index is 13.4. The van der Waals surface area contributed by atoms with Gasteiger partial charge < -0.3 is 4.74 Å². The van der Waals surface area contributed by atoms with Crippen molar-refractivity contribution in [1.82, 2.24) is 14.5 Å². The molecule has 1 aromatic heterocycles. The number of nitrogens with zero attached hydrogens (tertiary/aromatic N) is 4. The molecular formula is C28H20N4O5. The van der Waals surface area contributed by atoms with E-state index in [2.05, 4.69) is 4.98 Å². The van der Waals surface area contributed by atoms with Crippen molar-refractivity contribution >= 4 is 28.7 Å². The minimum atomic E-state index is -1.24. The summed E-state index contributed by atoms with van der Waals surface area (Å²) in [5.41, 5.74) is 1.13. The molecule has 0 aliphatic carbocycles. The SMILES string of the molecule is N#CCn1c(COC(=O)[C@H](Cc2ccccc2)N2C(=O)c3ccccc3C2=O)nc2ccccc2c1=O. The van der Waals surface area contributed by atoms with Gasteiger partial charge in [0.25, 0.3) is 17.4 Å². The molecule has 1 atom stereocenters. The van der Waals surface area contributed by atoms with Crippen LogP contribution in [0.1, 0.15) is 32.1 Å². The molecule has 1 aliphatic heterocycles. The maximum absolute atomic E-state index is 13.4. The zero-order chi connectivity index (χ0) is 25.9. The van der Waals surface area contributed by atoms with Crippen LogP contribution in [0.15, 0.2) is 83.7 Å². The molecule has 0 N–H and O–H groups in total. The average Bonchev–Trinajstić information content (AvgIpc) is 3.18. The Hall–Kier alpha value is -5.10. The lowest BCUT2D eigenvalue weighted by Gasteiger charge is -2.25. The Morgan fingerprint density at radius 1 is 0.892 bits per heavy atom. The van der Waals surface area contributed by atoms with E-state index in [-0.39, 0.29) is 29.9 Å². The number of amides is 2. The third-order valence-electron chi connectivity index (χ3n) is 6.19.